The van der Waals surface area contributed by atoms with Gasteiger partial charge in [-0.05, 0) is 78.9 Å². The summed E-state index contributed by atoms with van der Waals surface area (Å²) in [5.41, 5.74) is 4.02. The van der Waals surface area contributed by atoms with E-state index in [-0.39, 0.29) is 30.1 Å². The Morgan fingerprint density at radius 1 is 1.00 bits per heavy atom. The predicted molar refractivity (Wildman–Crippen MR) is 162 cm³/mol. The van der Waals surface area contributed by atoms with E-state index in [0.29, 0.717) is 30.0 Å². The molecule has 0 radical (unpaired) electrons. The number of ether oxygens (including phenoxy) is 3. The Morgan fingerprint density at radius 2 is 1.72 bits per heavy atom. The molecule has 43 heavy (non-hydrogen) atoms. The second-order valence-corrected chi connectivity index (χ2v) is 11.8. The van der Waals surface area contributed by atoms with Crippen LogP contribution >= 0.6 is 0 Å². The number of carbonyl (C=O) groups excluding carboxylic acids is 2. The van der Waals surface area contributed by atoms with E-state index in [1.54, 1.807) is 36.4 Å². The van der Waals surface area contributed by atoms with Gasteiger partial charge < -0.3 is 19.5 Å². The smallest absolute Gasteiger partial charge is 0.258 e. The van der Waals surface area contributed by atoms with Crippen LogP contribution in [0.2, 0.25) is 0 Å². The van der Waals surface area contributed by atoms with E-state index < -0.39 is 22.5 Å². The first kappa shape index (κ1) is 31.7. The average molecular weight is 609 g/mol. The highest BCUT2D eigenvalue weighted by Crippen LogP contribution is 2.20. The molecule has 1 aliphatic rings. The number of sulfonamides is 1. The van der Waals surface area contributed by atoms with Crippen LogP contribution < -0.4 is 20.2 Å². The van der Waals surface area contributed by atoms with Gasteiger partial charge in [0.05, 0.1) is 30.9 Å². The van der Waals surface area contributed by atoms with Crippen molar-refractivity contribution in [2.45, 2.75) is 30.3 Å². The molecular weight excluding hydrogens is 572 g/mol. The van der Waals surface area contributed by atoms with Crippen LogP contribution in [0.25, 0.3) is 0 Å². The zero-order valence-corrected chi connectivity index (χ0v) is 24.8. The van der Waals surface area contributed by atoms with Crippen LogP contribution in [0.15, 0.2) is 88.9 Å². The van der Waals surface area contributed by atoms with E-state index in [9.17, 15) is 18.0 Å². The first-order chi connectivity index (χ1) is 20.8. The minimum absolute atomic E-state index is 0.0558. The molecule has 3 aromatic carbocycles. The van der Waals surface area contributed by atoms with Gasteiger partial charge in [-0.25, -0.2) is 13.8 Å². The number of hydrogen-bond acceptors (Lipinski definition) is 8. The number of rotatable bonds is 15. The topological polar surface area (TPSA) is 136 Å². The number of nitrogens with zero attached hydrogens (tertiary/aromatic N) is 2. The summed E-state index contributed by atoms with van der Waals surface area (Å²) in [5.74, 6) is 0.217. The fraction of sp³-hybridized carbons (Fsp3) is 0.323. The lowest BCUT2D eigenvalue weighted by Crippen LogP contribution is -2.40. The minimum atomic E-state index is -3.98. The highest BCUT2D eigenvalue weighted by Gasteiger charge is 2.26. The van der Waals surface area contributed by atoms with Gasteiger partial charge >= 0.3 is 0 Å². The van der Waals surface area contributed by atoms with E-state index >= 15 is 0 Å². The third-order valence-electron chi connectivity index (χ3n) is 6.71. The second-order valence-electron chi connectivity index (χ2n) is 9.84. The maximum Gasteiger partial charge on any atom is 0.258 e. The number of amides is 2. The van der Waals surface area contributed by atoms with Crippen LogP contribution in [0.1, 0.15) is 24.0 Å². The molecule has 0 bridgehead atoms. The number of benzene rings is 3. The fourth-order valence-electron chi connectivity index (χ4n) is 4.34. The first-order valence-electron chi connectivity index (χ1n) is 13.9. The van der Waals surface area contributed by atoms with Crippen molar-refractivity contribution in [1.82, 2.24) is 15.0 Å². The summed E-state index contributed by atoms with van der Waals surface area (Å²) in [4.78, 5) is 24.8. The molecule has 228 valence electrons. The molecule has 2 N–H and O–H groups in total. The normalized spacial score (nSPS) is 15.0. The van der Waals surface area contributed by atoms with Crippen LogP contribution in [-0.4, -0.2) is 76.8 Å². The van der Waals surface area contributed by atoms with E-state index in [2.05, 4.69) is 15.8 Å². The molecule has 2 amide bonds. The standard InChI is InChI=1S/C31H36N4O7S/c1-40-26-13-15-29(16-14-26)43(38,39)35(18-17-24-6-3-2-4-7-24)22-30(36)34-33-20-25-9-11-27(12-10-25)42-23-31(37)32-21-28-8-5-19-41-28/h2-4,6-7,9-16,20,28H,5,8,17-19,21-23H2,1H3,(H,32,37)(H,34,36)/b33-20+/t28-/m0/s1. The van der Waals surface area contributed by atoms with Crippen molar-refractivity contribution in [3.63, 3.8) is 0 Å². The fourth-order valence-corrected chi connectivity index (χ4v) is 5.73. The average Bonchev–Trinajstić information content (AvgIpc) is 3.56. The zero-order chi connectivity index (χ0) is 30.5. The monoisotopic (exact) mass is 608 g/mol. The van der Waals surface area contributed by atoms with Crippen molar-refractivity contribution in [2.24, 2.45) is 5.10 Å². The molecule has 3 aromatic rings. The SMILES string of the molecule is COc1ccc(S(=O)(=O)N(CCc2ccccc2)CC(=O)N/N=C/c2ccc(OCC(=O)NC[C@@H]3CCCO3)cc2)cc1. The quantitative estimate of drug-likeness (QED) is 0.200. The summed E-state index contributed by atoms with van der Waals surface area (Å²) in [5, 5.41) is 6.78. The van der Waals surface area contributed by atoms with Gasteiger partial charge in [0.25, 0.3) is 11.8 Å². The maximum atomic E-state index is 13.4. The molecule has 4 rings (SSSR count). The van der Waals surface area contributed by atoms with Gasteiger partial charge in [-0.3, -0.25) is 9.59 Å². The van der Waals surface area contributed by atoms with Crippen molar-refractivity contribution >= 4 is 28.1 Å². The van der Waals surface area contributed by atoms with Gasteiger partial charge in [0, 0.05) is 19.7 Å². The van der Waals surface area contributed by atoms with Crippen LogP contribution in [0, 0.1) is 0 Å². The van der Waals surface area contributed by atoms with Crippen molar-refractivity contribution < 1.29 is 32.2 Å². The lowest BCUT2D eigenvalue weighted by Gasteiger charge is -2.21. The number of carbonyl (C=O) groups is 2. The number of hydrazone groups is 1. The highest BCUT2D eigenvalue weighted by atomic mass is 32.2. The van der Waals surface area contributed by atoms with Crippen LogP contribution in [0.5, 0.6) is 11.5 Å². The van der Waals surface area contributed by atoms with Crippen LogP contribution in [-0.2, 0) is 30.8 Å². The second kappa shape index (κ2) is 15.8. The zero-order valence-electron chi connectivity index (χ0n) is 24.0. The molecule has 1 saturated heterocycles. The Bertz CT molecular complexity index is 1460. The molecule has 0 aliphatic carbocycles. The third kappa shape index (κ3) is 9.91. The molecule has 1 fully saturated rings. The molecule has 11 nitrogen and oxygen atoms in total. The molecule has 0 spiro atoms. The van der Waals surface area contributed by atoms with Crippen molar-refractivity contribution in [3.05, 3.63) is 90.0 Å². The summed E-state index contributed by atoms with van der Waals surface area (Å²) in [6.45, 7) is 0.775. The van der Waals surface area contributed by atoms with Gasteiger partial charge in [0.2, 0.25) is 10.0 Å². The highest BCUT2D eigenvalue weighted by molar-refractivity contribution is 7.89. The molecular formula is C31H36N4O7S. The van der Waals surface area contributed by atoms with E-state index in [0.717, 1.165) is 29.3 Å². The van der Waals surface area contributed by atoms with Gasteiger partial charge in [-0.1, -0.05) is 30.3 Å². The Morgan fingerprint density at radius 3 is 2.40 bits per heavy atom. The number of nitrogens with one attached hydrogen (secondary N) is 2. The van der Waals surface area contributed by atoms with Gasteiger partial charge in [0.1, 0.15) is 11.5 Å². The Labute approximate surface area is 251 Å². The first-order valence-corrected chi connectivity index (χ1v) is 15.4. The largest absolute Gasteiger partial charge is 0.497 e. The van der Waals surface area contributed by atoms with Gasteiger partial charge in [-0.2, -0.15) is 9.41 Å². The molecule has 12 heteroatoms. The van der Waals surface area contributed by atoms with Crippen LogP contribution in [0.4, 0.5) is 0 Å². The lowest BCUT2D eigenvalue weighted by molar-refractivity contribution is -0.123. The van der Waals surface area contributed by atoms with Gasteiger partial charge in [-0.15, -0.1) is 0 Å². The molecule has 0 aromatic heterocycles. The summed E-state index contributed by atoms with van der Waals surface area (Å²) >= 11 is 0. The molecule has 0 saturated carbocycles. The summed E-state index contributed by atoms with van der Waals surface area (Å²) in [7, 11) is -2.48. The third-order valence-corrected chi connectivity index (χ3v) is 8.57. The minimum Gasteiger partial charge on any atom is -0.497 e. The number of methoxy groups -OCH3 is 1. The molecule has 1 heterocycles. The van der Waals surface area contributed by atoms with E-state index in [4.69, 9.17) is 14.2 Å². The molecule has 0 unspecified atom stereocenters. The molecule has 1 atom stereocenters. The lowest BCUT2D eigenvalue weighted by atomic mass is 10.1. The van der Waals surface area contributed by atoms with Crippen molar-refractivity contribution in [2.75, 3.05) is 40.0 Å². The molecule has 1 aliphatic heterocycles. The summed E-state index contributed by atoms with van der Waals surface area (Å²) in [6.07, 6.45) is 3.88. The predicted octanol–water partition coefficient (Wildman–Crippen LogP) is 2.75. The Kier molecular flexibility index (Phi) is 11.7. The van der Waals surface area contributed by atoms with E-state index in [1.807, 2.05) is 30.3 Å². The van der Waals surface area contributed by atoms with Crippen molar-refractivity contribution in [1.29, 1.82) is 0 Å². The summed E-state index contributed by atoms with van der Waals surface area (Å²) < 4.78 is 44.1. The number of hydrogen-bond donors (Lipinski definition) is 2. The Balaban J connectivity index is 1.30. The summed E-state index contributed by atoms with van der Waals surface area (Å²) in [6, 6.07) is 22.3. The Hall–Kier alpha value is -4.26. The van der Waals surface area contributed by atoms with E-state index in [1.165, 1.54) is 25.5 Å². The van der Waals surface area contributed by atoms with Crippen LogP contribution in [0.3, 0.4) is 0 Å². The maximum absolute atomic E-state index is 13.4. The van der Waals surface area contributed by atoms with Gasteiger partial charge in [0.15, 0.2) is 6.61 Å². The van der Waals surface area contributed by atoms with Crippen molar-refractivity contribution in [3.8, 4) is 11.5 Å².